The molecule has 62 heavy (non-hydrogen) atoms. The van der Waals surface area contributed by atoms with Gasteiger partial charge < -0.3 is 5.11 Å². The molecule has 0 amide bonds. The molecule has 8 aromatic carbocycles. The zero-order valence-electron chi connectivity index (χ0n) is 34.5. The molecule has 3 aliphatic rings. The first-order valence-electron chi connectivity index (χ1n) is 21.7. The van der Waals surface area contributed by atoms with Gasteiger partial charge in [-0.3, -0.25) is 9.38 Å². The van der Waals surface area contributed by atoms with Crippen molar-refractivity contribution >= 4 is 95.3 Å². The predicted molar refractivity (Wildman–Crippen MR) is 261 cm³/mol. The molecule has 0 radical (unpaired) electrons. The molecule has 0 spiro atoms. The van der Waals surface area contributed by atoms with Crippen molar-refractivity contribution in [2.75, 3.05) is 0 Å². The van der Waals surface area contributed by atoms with E-state index >= 15 is 0 Å². The van der Waals surface area contributed by atoms with Crippen molar-refractivity contribution in [1.82, 2.24) is 14.4 Å². The van der Waals surface area contributed by atoms with E-state index in [0.717, 1.165) is 72.0 Å². The average Bonchev–Trinajstić information content (AvgIpc) is 3.88. The highest BCUT2D eigenvalue weighted by Gasteiger charge is 2.48. The van der Waals surface area contributed by atoms with Crippen LogP contribution < -0.4 is 32.8 Å². The van der Waals surface area contributed by atoms with E-state index in [-0.39, 0.29) is 18.8 Å². The van der Waals surface area contributed by atoms with Gasteiger partial charge in [0.05, 0.1) is 27.6 Å². The summed E-state index contributed by atoms with van der Waals surface area (Å²) < 4.78 is 2.33. The normalized spacial score (nSPS) is 13.4. The number of aromatic hydroxyl groups is 1. The Hall–Kier alpha value is -7.43. The van der Waals surface area contributed by atoms with E-state index in [0.29, 0.717) is 5.75 Å². The number of pyridine rings is 2. The fourth-order valence-corrected chi connectivity index (χ4v) is 11.7. The molecule has 0 bridgehead atoms. The summed E-state index contributed by atoms with van der Waals surface area (Å²) in [5.41, 5.74) is 21.3. The summed E-state index contributed by atoms with van der Waals surface area (Å²) in [6.07, 6.45) is 1.92. The number of benzene rings is 8. The van der Waals surface area contributed by atoms with Crippen LogP contribution in [-0.2, 0) is 5.41 Å². The molecule has 0 saturated carbocycles. The average molecular weight is 790 g/mol. The predicted octanol–water partition coefficient (Wildman–Crippen LogP) is 8.99. The molecular weight excluding hydrogens is 752 g/mol. The molecule has 0 fully saturated rings. The van der Waals surface area contributed by atoms with Crippen LogP contribution in [0.2, 0.25) is 0 Å². The van der Waals surface area contributed by atoms with E-state index in [4.69, 9.17) is 9.97 Å². The topological polar surface area (TPSA) is 50.4 Å². The van der Waals surface area contributed by atoms with Crippen molar-refractivity contribution in [3.05, 3.63) is 169 Å². The molecule has 4 nitrogen and oxygen atoms in total. The number of phenols is 1. The summed E-state index contributed by atoms with van der Waals surface area (Å²) in [4.78, 5) is 10.6. The molecular formula is C56H37B2N3O. The molecule has 6 heteroatoms. The molecule has 0 saturated heterocycles. The number of para-hydroxylation sites is 1. The third kappa shape index (κ3) is 4.34. The maximum atomic E-state index is 13.1. The van der Waals surface area contributed by atoms with Crippen LogP contribution in [0.1, 0.15) is 26.3 Å². The van der Waals surface area contributed by atoms with Gasteiger partial charge in [-0.05, 0) is 85.8 Å². The number of aromatic nitrogens is 3. The lowest BCUT2D eigenvalue weighted by Crippen LogP contribution is -2.74. The van der Waals surface area contributed by atoms with Crippen LogP contribution in [0.3, 0.4) is 0 Å². The van der Waals surface area contributed by atoms with Gasteiger partial charge in [-0.15, -0.1) is 0 Å². The van der Waals surface area contributed by atoms with Crippen LogP contribution in [0.15, 0.2) is 164 Å². The Labute approximate surface area is 359 Å². The van der Waals surface area contributed by atoms with Gasteiger partial charge >= 0.3 is 0 Å². The zero-order chi connectivity index (χ0) is 41.2. The summed E-state index contributed by atoms with van der Waals surface area (Å²) in [5, 5.41) is 18.8. The maximum Gasteiger partial charge on any atom is 0.241 e. The molecule has 0 aliphatic carbocycles. The lowest BCUT2D eigenvalue weighted by Gasteiger charge is -2.35. The molecule has 3 aliphatic heterocycles. The van der Waals surface area contributed by atoms with E-state index in [1.165, 1.54) is 60.1 Å². The number of imidazole rings is 1. The molecule has 1 N–H and O–H groups in total. The molecule has 288 valence electrons. The summed E-state index contributed by atoms with van der Waals surface area (Å²) in [5.74, 6) is 0.327. The van der Waals surface area contributed by atoms with E-state index in [1.54, 1.807) is 0 Å². The summed E-state index contributed by atoms with van der Waals surface area (Å²) in [6, 6.07) is 57.4. The van der Waals surface area contributed by atoms with Crippen molar-refractivity contribution in [2.45, 2.75) is 26.2 Å². The Kier molecular flexibility index (Phi) is 6.58. The van der Waals surface area contributed by atoms with Crippen LogP contribution in [0.4, 0.5) is 0 Å². The van der Waals surface area contributed by atoms with Gasteiger partial charge in [-0.2, -0.15) is 0 Å². The second-order valence-electron chi connectivity index (χ2n) is 18.6. The molecule has 11 aromatic rings. The molecule has 6 heterocycles. The summed E-state index contributed by atoms with van der Waals surface area (Å²) in [7, 11) is 0. The van der Waals surface area contributed by atoms with Gasteiger partial charge in [-0.25, -0.2) is 4.98 Å². The number of nitrogens with zero attached hydrogens (tertiary/aromatic N) is 3. The van der Waals surface area contributed by atoms with Crippen molar-refractivity contribution in [2.24, 2.45) is 0 Å². The molecule has 0 unspecified atom stereocenters. The van der Waals surface area contributed by atoms with E-state index in [1.807, 2.05) is 6.20 Å². The number of phenolic OH excluding ortho intramolecular Hbond substituents is 1. The Morgan fingerprint density at radius 2 is 1.23 bits per heavy atom. The van der Waals surface area contributed by atoms with Gasteiger partial charge in [0.15, 0.2) is 0 Å². The van der Waals surface area contributed by atoms with E-state index in [2.05, 4.69) is 183 Å². The number of rotatable bonds is 3. The zero-order valence-corrected chi connectivity index (χ0v) is 34.5. The standard InChI is InChI=1S/C56H37B2N3O/c1-56(2,3)36-28-34(27-35(29-36)43-30-33(25-26-59-43)31-13-5-4-6-14-31)37-17-12-22-45-53(37)60-55-50-49-48-44(61(45)55)24-23-32-15-11-21-42(46(32)48)58-41-20-10-9-19-40(41)57-39-18-8-7-16-38(39)47(54(50)62)51(57)52(49)58/h4-30,62H,1-3H3. The third-order valence-corrected chi connectivity index (χ3v) is 14.3. The molecule has 14 rings (SSSR count). The first-order chi connectivity index (χ1) is 30.3. The van der Waals surface area contributed by atoms with Crippen molar-refractivity contribution < 1.29 is 5.11 Å². The van der Waals surface area contributed by atoms with Gasteiger partial charge in [0.2, 0.25) is 13.4 Å². The molecule has 0 atom stereocenters. The number of hydrogen-bond donors (Lipinski definition) is 1. The van der Waals surface area contributed by atoms with Crippen LogP contribution >= 0.6 is 0 Å². The van der Waals surface area contributed by atoms with Crippen LogP contribution in [0, 0.1) is 0 Å². The summed E-state index contributed by atoms with van der Waals surface area (Å²) >= 11 is 0. The second kappa shape index (κ2) is 11.9. The minimum atomic E-state index is -0.119. The van der Waals surface area contributed by atoms with Crippen molar-refractivity contribution in [3.63, 3.8) is 0 Å². The smallest absolute Gasteiger partial charge is 0.241 e. The highest BCUT2D eigenvalue weighted by molar-refractivity contribution is 7.15. The number of fused-ring (bicyclic) bond motifs is 12. The van der Waals surface area contributed by atoms with Gasteiger partial charge in [0.1, 0.15) is 11.4 Å². The van der Waals surface area contributed by atoms with Gasteiger partial charge in [0.25, 0.3) is 0 Å². The Bertz CT molecular complexity index is 3830. The van der Waals surface area contributed by atoms with Crippen LogP contribution in [0.5, 0.6) is 5.75 Å². The second-order valence-corrected chi connectivity index (χ2v) is 18.6. The highest BCUT2D eigenvalue weighted by Crippen LogP contribution is 2.46. The lowest BCUT2D eigenvalue weighted by molar-refractivity contribution is 0.484. The Balaban J connectivity index is 1.11. The van der Waals surface area contributed by atoms with Crippen molar-refractivity contribution in [3.8, 4) is 50.4 Å². The first-order valence-corrected chi connectivity index (χ1v) is 21.7. The highest BCUT2D eigenvalue weighted by atomic mass is 16.3. The largest absolute Gasteiger partial charge is 0.507 e. The van der Waals surface area contributed by atoms with Crippen molar-refractivity contribution in [1.29, 1.82) is 0 Å². The summed E-state index contributed by atoms with van der Waals surface area (Å²) in [6.45, 7) is 6.90. The Morgan fingerprint density at radius 3 is 2.05 bits per heavy atom. The lowest BCUT2D eigenvalue weighted by atomic mass is 9.21. The molecule has 3 aromatic heterocycles. The fourth-order valence-electron chi connectivity index (χ4n) is 11.7. The SMILES string of the molecule is CC(C)(C)c1cc(-c2cc(-c3ccccc3)ccn2)cc(-c2cccc3c2nc2c4c(O)c5c6c7c4c4c8c(cccc8ccc4n32)B7c2ccccc2B6c2ccccc2-5)c1. The number of hydrogen-bond acceptors (Lipinski definition) is 3. The monoisotopic (exact) mass is 789 g/mol. The minimum Gasteiger partial charge on any atom is -0.507 e. The Morgan fingerprint density at radius 1 is 0.516 bits per heavy atom. The van der Waals surface area contributed by atoms with E-state index in [9.17, 15) is 5.11 Å². The first kappa shape index (κ1) is 34.3. The third-order valence-electron chi connectivity index (χ3n) is 14.3. The maximum absolute atomic E-state index is 13.1. The fraction of sp³-hybridized carbons (Fsp3) is 0.0714. The quantitative estimate of drug-likeness (QED) is 0.144. The van der Waals surface area contributed by atoms with Crippen LogP contribution in [0.25, 0.3) is 93.8 Å². The minimum absolute atomic E-state index is 0.0327. The van der Waals surface area contributed by atoms with E-state index < -0.39 is 0 Å². The van der Waals surface area contributed by atoms with Gasteiger partial charge in [0, 0.05) is 28.3 Å². The van der Waals surface area contributed by atoms with Gasteiger partial charge in [-0.1, -0.05) is 175 Å². The van der Waals surface area contributed by atoms with Crippen LogP contribution in [-0.4, -0.2) is 32.9 Å².